The average molecular weight is 1010 g/mol. The molecule has 0 aromatic rings. The van der Waals surface area contributed by atoms with E-state index < -0.39 is 0 Å². The first kappa shape index (κ1) is 64.2. The first-order chi connectivity index (χ1) is 35.3. The molecule has 7 heteroatoms. The lowest BCUT2D eigenvalue weighted by Gasteiger charge is -2.65. The summed E-state index contributed by atoms with van der Waals surface area (Å²) in [7, 11) is 0. The van der Waals surface area contributed by atoms with Crippen LogP contribution < -0.4 is 17.2 Å². The summed E-state index contributed by atoms with van der Waals surface area (Å²) < 4.78 is 20.8. The molecule has 0 aromatic carbocycles. The van der Waals surface area contributed by atoms with Gasteiger partial charge in [-0.3, -0.25) is 0 Å². The third-order valence-electron chi connectivity index (χ3n) is 20.3. The molecule has 0 saturated heterocycles. The number of unbranched alkanes of at least 4 members (excludes halogenated alkanes) is 26. The van der Waals surface area contributed by atoms with Gasteiger partial charge in [-0.05, 0) is 170 Å². The first-order valence-electron chi connectivity index (χ1n) is 33.0. The lowest BCUT2D eigenvalue weighted by Crippen LogP contribution is -2.63. The highest BCUT2D eigenvalue weighted by atomic mass is 16.5. The molecular weight excluding hydrogens is 885 g/mol. The van der Waals surface area contributed by atoms with E-state index >= 15 is 0 Å². The minimum Gasteiger partial charge on any atom is -0.378 e. The highest BCUT2D eigenvalue weighted by Crippen LogP contribution is 2.69. The summed E-state index contributed by atoms with van der Waals surface area (Å²) >= 11 is 0. The Kier molecular flexibility index (Phi) is 34.9. The number of fused-ring (bicyclic) bond motifs is 5. The molecule has 7 nitrogen and oxygen atoms in total. The van der Waals surface area contributed by atoms with Gasteiger partial charge in [-0.1, -0.05) is 202 Å². The first-order valence-corrected chi connectivity index (χ1v) is 33.0. The fourth-order valence-corrected chi connectivity index (χ4v) is 15.8. The van der Waals surface area contributed by atoms with Gasteiger partial charge in [0.1, 0.15) is 0 Å². The van der Waals surface area contributed by atoms with Gasteiger partial charge in [-0.25, -0.2) is 0 Å². The predicted molar refractivity (Wildman–Crippen MR) is 312 cm³/mol. The van der Waals surface area contributed by atoms with Gasteiger partial charge in [0.15, 0.2) is 0 Å². The molecule has 0 aromatic heterocycles. The van der Waals surface area contributed by atoms with E-state index in [9.17, 15) is 0 Å². The van der Waals surface area contributed by atoms with E-state index in [-0.39, 0.29) is 5.41 Å². The van der Waals surface area contributed by atoms with Crippen molar-refractivity contribution in [3.8, 4) is 0 Å². The van der Waals surface area contributed by atoms with Crippen molar-refractivity contribution in [2.24, 2.45) is 63.5 Å². The summed E-state index contributed by atoms with van der Waals surface area (Å²) in [5, 5.41) is 0. The zero-order valence-electron chi connectivity index (χ0n) is 49.2. The van der Waals surface area contributed by atoms with Crippen LogP contribution in [-0.2, 0) is 14.2 Å². The Bertz CT molecular complexity index is 1240. The molecule has 11 atom stereocenters. The van der Waals surface area contributed by atoms with Crippen molar-refractivity contribution in [2.75, 3.05) is 59.1 Å². The van der Waals surface area contributed by atoms with E-state index in [1.54, 1.807) is 0 Å². The van der Waals surface area contributed by atoms with Crippen LogP contribution in [0.25, 0.3) is 0 Å². The molecule has 4 aliphatic rings. The number of hydrogen-bond acceptors (Lipinski definition) is 7. The third-order valence-corrected chi connectivity index (χ3v) is 20.3. The van der Waals surface area contributed by atoms with E-state index in [2.05, 4.69) is 39.5 Å². The van der Waals surface area contributed by atoms with Crippen molar-refractivity contribution in [2.45, 2.75) is 310 Å². The molecule has 0 aliphatic heterocycles. The predicted octanol–water partition coefficient (Wildman–Crippen LogP) is 16.7. The lowest BCUT2D eigenvalue weighted by molar-refractivity contribution is -0.227. The SMILES string of the molecule is CCCCCCCCCCCCCCCCN(CCCCCCCCCCCCCCCC)CCC[C@@H](C)[C@H]1CC[C@H]2C3[C@H](OCCCN)CC4C[C@H](OCCCN)CC[C@]4(C)[C@H]3C[C@H](OCCCN)[C@]12C. The lowest BCUT2D eigenvalue weighted by atomic mass is 9.43. The van der Waals surface area contributed by atoms with E-state index in [0.717, 1.165) is 45.5 Å². The molecule has 0 amide bonds. The van der Waals surface area contributed by atoms with Gasteiger partial charge in [-0.2, -0.15) is 0 Å². The van der Waals surface area contributed by atoms with Crippen molar-refractivity contribution in [3.05, 3.63) is 0 Å². The second-order valence-corrected chi connectivity index (χ2v) is 25.6. The Hall–Kier alpha value is -0.280. The molecule has 0 spiro atoms. The molecular formula is C65H128N4O3. The van der Waals surface area contributed by atoms with Crippen LogP contribution in [0.3, 0.4) is 0 Å². The van der Waals surface area contributed by atoms with Gasteiger partial charge in [0.05, 0.1) is 18.3 Å². The van der Waals surface area contributed by atoms with Gasteiger partial charge < -0.3 is 36.3 Å². The van der Waals surface area contributed by atoms with Crippen molar-refractivity contribution >= 4 is 0 Å². The normalized spacial score (nSPS) is 28.6. The molecule has 4 fully saturated rings. The maximum Gasteiger partial charge on any atom is 0.0637 e. The third kappa shape index (κ3) is 22.2. The Morgan fingerprint density at radius 2 is 0.917 bits per heavy atom. The molecule has 2 unspecified atom stereocenters. The summed E-state index contributed by atoms with van der Waals surface area (Å²) in [5.74, 6) is 3.88. The van der Waals surface area contributed by atoms with E-state index in [1.807, 2.05) is 0 Å². The largest absolute Gasteiger partial charge is 0.378 e. The van der Waals surface area contributed by atoms with Gasteiger partial charge >= 0.3 is 0 Å². The topological polar surface area (TPSA) is 109 Å². The zero-order valence-corrected chi connectivity index (χ0v) is 49.2. The zero-order chi connectivity index (χ0) is 51.5. The fraction of sp³-hybridized carbons (Fsp3) is 1.00. The minimum atomic E-state index is 0.165. The average Bonchev–Trinajstić information content (AvgIpc) is 3.74. The second kappa shape index (κ2) is 39.1. The molecule has 6 N–H and O–H groups in total. The second-order valence-electron chi connectivity index (χ2n) is 25.6. The van der Waals surface area contributed by atoms with E-state index in [0.29, 0.717) is 78.9 Å². The summed E-state index contributed by atoms with van der Waals surface area (Å²) in [6, 6.07) is 0. The standard InChI is InChI=1S/C65H128N4O3/c1-6-8-10-12-14-16-18-20-22-24-26-28-30-32-46-69(47-33-31-29-27-25-23-21-19-17-15-13-11-9-7-2)48-34-38-55(3)58-39-40-59-63-60(54-62(65(58,59)5)72-51-37-45-68)64(4)42-41-57(70-49-35-43-66)52-56(64)53-61(63)71-50-36-44-67/h55-63H,6-54,66-68H2,1-5H3/t55-,56?,57-,58-,59+,60+,61-,62+,63?,64+,65-/m1/s1. The van der Waals surface area contributed by atoms with Crippen LogP contribution in [0.5, 0.6) is 0 Å². The number of ether oxygens (including phenoxy) is 3. The molecule has 4 rings (SSSR count). The maximum absolute atomic E-state index is 7.21. The molecule has 72 heavy (non-hydrogen) atoms. The molecule has 0 bridgehead atoms. The maximum atomic E-state index is 7.21. The smallest absolute Gasteiger partial charge is 0.0637 e. The van der Waals surface area contributed by atoms with Gasteiger partial charge in [0.25, 0.3) is 0 Å². The highest BCUT2D eigenvalue weighted by Gasteiger charge is 2.66. The minimum absolute atomic E-state index is 0.165. The van der Waals surface area contributed by atoms with Crippen molar-refractivity contribution < 1.29 is 14.2 Å². The Labute approximate surface area is 449 Å². The molecule has 0 radical (unpaired) electrons. The summed E-state index contributed by atoms with van der Waals surface area (Å²) in [4.78, 5) is 2.91. The van der Waals surface area contributed by atoms with Crippen LogP contribution in [-0.4, -0.2) is 82.3 Å². The van der Waals surface area contributed by atoms with Crippen LogP contribution in [0.2, 0.25) is 0 Å². The summed E-state index contributed by atoms with van der Waals surface area (Å²) in [5.41, 5.74) is 18.6. The van der Waals surface area contributed by atoms with Crippen LogP contribution in [0.15, 0.2) is 0 Å². The fourth-order valence-electron chi connectivity index (χ4n) is 15.8. The number of rotatable bonds is 47. The highest BCUT2D eigenvalue weighted by molar-refractivity contribution is 5.15. The van der Waals surface area contributed by atoms with E-state index in [1.165, 1.54) is 251 Å². The number of nitrogens with zero attached hydrogens (tertiary/aromatic N) is 1. The van der Waals surface area contributed by atoms with Crippen molar-refractivity contribution in [1.29, 1.82) is 0 Å². The van der Waals surface area contributed by atoms with Crippen LogP contribution >= 0.6 is 0 Å². The van der Waals surface area contributed by atoms with Crippen LogP contribution in [0, 0.1) is 46.3 Å². The Morgan fingerprint density at radius 3 is 1.40 bits per heavy atom. The Balaban J connectivity index is 1.32. The van der Waals surface area contributed by atoms with Gasteiger partial charge in [-0.15, -0.1) is 0 Å². The summed E-state index contributed by atoms with van der Waals surface area (Å²) in [6.45, 7) is 21.1. The monoisotopic (exact) mass is 1010 g/mol. The van der Waals surface area contributed by atoms with Crippen LogP contribution in [0.4, 0.5) is 0 Å². The molecule has 4 aliphatic carbocycles. The van der Waals surface area contributed by atoms with E-state index in [4.69, 9.17) is 31.4 Å². The molecule has 426 valence electrons. The Morgan fingerprint density at radius 1 is 0.472 bits per heavy atom. The molecule has 4 saturated carbocycles. The summed E-state index contributed by atoms with van der Waals surface area (Å²) in [6.07, 6.45) is 55.3. The van der Waals surface area contributed by atoms with Crippen LogP contribution in [0.1, 0.15) is 291 Å². The van der Waals surface area contributed by atoms with Crippen molar-refractivity contribution in [1.82, 2.24) is 4.90 Å². The number of nitrogens with two attached hydrogens (primary N) is 3. The van der Waals surface area contributed by atoms with Gasteiger partial charge in [0.2, 0.25) is 0 Å². The van der Waals surface area contributed by atoms with Crippen molar-refractivity contribution in [3.63, 3.8) is 0 Å². The quantitative estimate of drug-likeness (QED) is 0.0521. The van der Waals surface area contributed by atoms with Gasteiger partial charge in [0, 0.05) is 25.2 Å². The molecule has 0 heterocycles. The number of hydrogen-bond donors (Lipinski definition) is 3.